The van der Waals surface area contributed by atoms with Crippen LogP contribution in [0.1, 0.15) is 5.56 Å². The predicted octanol–water partition coefficient (Wildman–Crippen LogP) is 1.41. The highest BCUT2D eigenvalue weighted by Crippen LogP contribution is 2.06. The molecule has 2 rings (SSSR count). The molecule has 1 N–H and O–H groups in total. The van der Waals surface area contributed by atoms with E-state index in [0.29, 0.717) is 5.56 Å². The molecule has 0 radical (unpaired) electrons. The zero-order chi connectivity index (χ0) is 14.8. The van der Waals surface area contributed by atoms with Crippen molar-refractivity contribution in [1.82, 2.24) is 4.57 Å². The van der Waals surface area contributed by atoms with Crippen molar-refractivity contribution in [2.24, 2.45) is 0 Å². The molecule has 0 saturated carbocycles. The second-order valence-electron chi connectivity index (χ2n) is 4.36. The number of nitrogens with zero attached hydrogens (tertiary/aromatic N) is 1. The number of aromatic nitrogens is 1. The first-order chi connectivity index (χ1) is 9.35. The third-order valence-electron chi connectivity index (χ3n) is 2.56. The second-order valence-corrected chi connectivity index (χ2v) is 6.11. The monoisotopic (exact) mass is 296 g/mol. The van der Waals surface area contributed by atoms with Gasteiger partial charge in [-0.1, -0.05) is 12.1 Å². The normalized spacial score (nSPS) is 11.3. The molecule has 0 aliphatic rings. The molecule has 7 heteroatoms. The predicted molar refractivity (Wildman–Crippen MR) is 74.7 cm³/mol. The Morgan fingerprint density at radius 2 is 2.00 bits per heavy atom. The van der Waals surface area contributed by atoms with Crippen LogP contribution in [0.5, 0.6) is 0 Å². The molecule has 1 heterocycles. The first-order valence-corrected chi connectivity index (χ1v) is 7.66. The first kappa shape index (κ1) is 14.3. The van der Waals surface area contributed by atoms with Gasteiger partial charge >= 0.3 is 0 Å². The minimum atomic E-state index is -3.52. The van der Waals surface area contributed by atoms with E-state index in [4.69, 9.17) is 0 Å². The Hall–Kier alpha value is -2.15. The smallest absolute Gasteiger partial charge is 0.275 e. The highest BCUT2D eigenvalue weighted by molar-refractivity contribution is 7.92. The van der Waals surface area contributed by atoms with Crippen molar-refractivity contribution >= 4 is 15.7 Å². The number of pyridine rings is 1. The van der Waals surface area contributed by atoms with Crippen molar-refractivity contribution in [3.8, 4) is 0 Å². The summed E-state index contributed by atoms with van der Waals surface area (Å²) in [5.74, 6) is -0.388. The number of halogens is 1. The minimum Gasteiger partial charge on any atom is -0.309 e. The molecule has 20 heavy (non-hydrogen) atoms. The van der Waals surface area contributed by atoms with Gasteiger partial charge in [-0.25, -0.2) is 12.8 Å². The third-order valence-corrected chi connectivity index (χ3v) is 3.15. The maximum absolute atomic E-state index is 13.1. The highest BCUT2D eigenvalue weighted by Gasteiger charge is 2.08. The molecule has 0 aliphatic heterocycles. The van der Waals surface area contributed by atoms with Gasteiger partial charge in [-0.15, -0.1) is 0 Å². The number of nitrogens with one attached hydrogen (secondary N) is 1. The molecule has 0 amide bonds. The molecule has 0 saturated heterocycles. The van der Waals surface area contributed by atoms with E-state index in [0.717, 1.165) is 6.26 Å². The van der Waals surface area contributed by atoms with Gasteiger partial charge in [0.1, 0.15) is 11.5 Å². The molecule has 0 fully saturated rings. The molecule has 0 unspecified atom stereocenters. The van der Waals surface area contributed by atoms with Crippen molar-refractivity contribution in [2.75, 3.05) is 11.0 Å². The van der Waals surface area contributed by atoms with E-state index in [2.05, 4.69) is 4.72 Å². The number of sulfonamides is 1. The lowest BCUT2D eigenvalue weighted by Gasteiger charge is -2.09. The Labute approximate surface area is 115 Å². The van der Waals surface area contributed by atoms with Crippen molar-refractivity contribution in [1.29, 1.82) is 0 Å². The fourth-order valence-corrected chi connectivity index (χ4v) is 2.33. The van der Waals surface area contributed by atoms with Gasteiger partial charge in [0.05, 0.1) is 12.8 Å². The van der Waals surface area contributed by atoms with Crippen LogP contribution in [0.4, 0.5) is 10.1 Å². The average molecular weight is 296 g/mol. The summed E-state index contributed by atoms with van der Waals surface area (Å²) in [6.45, 7) is 0.163. The number of hydrogen-bond acceptors (Lipinski definition) is 3. The van der Waals surface area contributed by atoms with Gasteiger partial charge in [0.25, 0.3) is 5.56 Å². The lowest BCUT2D eigenvalue weighted by molar-refractivity contribution is 0.606. The van der Waals surface area contributed by atoms with Crippen LogP contribution in [0, 0.1) is 5.82 Å². The topological polar surface area (TPSA) is 68.2 Å². The van der Waals surface area contributed by atoms with E-state index in [-0.39, 0.29) is 18.0 Å². The fraction of sp³-hybridized carbons (Fsp3) is 0.154. The molecule has 0 spiro atoms. The number of anilines is 1. The Morgan fingerprint density at radius 1 is 1.25 bits per heavy atom. The van der Waals surface area contributed by atoms with Crippen LogP contribution in [-0.2, 0) is 16.6 Å². The van der Waals surface area contributed by atoms with Crippen molar-refractivity contribution in [3.63, 3.8) is 0 Å². The Balaban J connectivity index is 2.34. The van der Waals surface area contributed by atoms with Gasteiger partial charge in [-0.2, -0.15) is 0 Å². The van der Waals surface area contributed by atoms with Crippen LogP contribution in [0.15, 0.2) is 47.4 Å². The van der Waals surface area contributed by atoms with Gasteiger partial charge in [-0.05, 0) is 29.8 Å². The fourth-order valence-electron chi connectivity index (χ4n) is 1.77. The zero-order valence-corrected chi connectivity index (χ0v) is 11.5. The lowest BCUT2D eigenvalue weighted by atomic mass is 10.2. The molecule has 2 aromatic rings. The van der Waals surface area contributed by atoms with Gasteiger partial charge in [0, 0.05) is 6.20 Å². The lowest BCUT2D eigenvalue weighted by Crippen LogP contribution is -2.25. The van der Waals surface area contributed by atoms with Gasteiger partial charge < -0.3 is 4.57 Å². The summed E-state index contributed by atoms with van der Waals surface area (Å²) in [6, 6.07) is 8.80. The largest absolute Gasteiger partial charge is 0.309 e. The summed E-state index contributed by atoms with van der Waals surface area (Å²) < 4.78 is 38.9. The van der Waals surface area contributed by atoms with E-state index in [9.17, 15) is 17.6 Å². The molecule has 0 aliphatic carbocycles. The maximum Gasteiger partial charge on any atom is 0.275 e. The summed E-state index contributed by atoms with van der Waals surface area (Å²) in [5.41, 5.74) is 0.0946. The SMILES string of the molecule is CS(=O)(=O)Nc1cccn(Cc2cccc(F)c2)c1=O. The quantitative estimate of drug-likeness (QED) is 0.927. The van der Waals surface area contributed by atoms with E-state index in [1.807, 2.05) is 0 Å². The molecular weight excluding hydrogens is 283 g/mol. The summed E-state index contributed by atoms with van der Waals surface area (Å²) in [6.07, 6.45) is 2.48. The molecule has 0 bridgehead atoms. The van der Waals surface area contributed by atoms with Gasteiger partial charge in [-0.3, -0.25) is 9.52 Å². The van der Waals surface area contributed by atoms with Crippen LogP contribution in [0.25, 0.3) is 0 Å². The van der Waals surface area contributed by atoms with Crippen molar-refractivity contribution < 1.29 is 12.8 Å². The van der Waals surface area contributed by atoms with Crippen LogP contribution < -0.4 is 10.3 Å². The Bertz CT molecular complexity index is 784. The average Bonchev–Trinajstić information content (AvgIpc) is 2.33. The van der Waals surface area contributed by atoms with Crippen LogP contribution in [0.2, 0.25) is 0 Å². The summed E-state index contributed by atoms with van der Waals surface area (Å²) in [5, 5.41) is 0. The second kappa shape index (κ2) is 5.46. The standard InChI is InChI=1S/C13H13FN2O3S/c1-20(18,19)15-12-6-3-7-16(13(12)17)9-10-4-2-5-11(14)8-10/h2-8,15H,9H2,1H3. The van der Waals surface area contributed by atoms with E-state index in [1.54, 1.807) is 18.2 Å². The number of hydrogen-bond donors (Lipinski definition) is 1. The molecule has 1 aromatic carbocycles. The van der Waals surface area contributed by atoms with Crippen LogP contribution in [-0.4, -0.2) is 19.2 Å². The number of rotatable bonds is 4. The summed E-state index contributed by atoms with van der Waals surface area (Å²) >= 11 is 0. The van der Waals surface area contributed by atoms with E-state index < -0.39 is 15.6 Å². The minimum absolute atomic E-state index is 0.0357. The molecule has 0 atom stereocenters. The molecule has 1 aromatic heterocycles. The van der Waals surface area contributed by atoms with Crippen molar-refractivity contribution in [2.45, 2.75) is 6.54 Å². The van der Waals surface area contributed by atoms with Gasteiger partial charge in [0.2, 0.25) is 10.0 Å². The first-order valence-electron chi connectivity index (χ1n) is 5.77. The van der Waals surface area contributed by atoms with Crippen LogP contribution >= 0.6 is 0 Å². The Kier molecular flexibility index (Phi) is 3.89. The zero-order valence-electron chi connectivity index (χ0n) is 10.7. The molecular formula is C13H13FN2O3S. The maximum atomic E-state index is 13.1. The Morgan fingerprint density at radius 3 is 2.65 bits per heavy atom. The van der Waals surface area contributed by atoms with E-state index >= 15 is 0 Å². The third kappa shape index (κ3) is 3.67. The highest BCUT2D eigenvalue weighted by atomic mass is 32.2. The van der Waals surface area contributed by atoms with Crippen LogP contribution in [0.3, 0.4) is 0 Å². The molecule has 5 nitrogen and oxygen atoms in total. The number of benzene rings is 1. The van der Waals surface area contributed by atoms with Crippen molar-refractivity contribution in [3.05, 3.63) is 64.3 Å². The summed E-state index contributed by atoms with van der Waals surface area (Å²) in [4.78, 5) is 12.1. The molecule has 106 valence electrons. The van der Waals surface area contributed by atoms with E-state index in [1.165, 1.54) is 29.0 Å². The summed E-state index contributed by atoms with van der Waals surface area (Å²) in [7, 11) is -3.52. The van der Waals surface area contributed by atoms with Gasteiger partial charge in [0.15, 0.2) is 0 Å².